The van der Waals surface area contributed by atoms with Crippen molar-refractivity contribution in [1.82, 2.24) is 4.57 Å². The highest BCUT2D eigenvalue weighted by molar-refractivity contribution is 5.77. The topological polar surface area (TPSA) is 99.3 Å². The molecule has 3 aliphatic heterocycles. The quantitative estimate of drug-likeness (QED) is 0.568. The van der Waals surface area contributed by atoms with Crippen LogP contribution in [0, 0.1) is 17.0 Å². The molecule has 0 spiro atoms. The van der Waals surface area contributed by atoms with Crippen LogP contribution in [0.1, 0.15) is 23.6 Å². The SMILES string of the molecule is COC(=O)[C@H]1Cc2cc([NH+]([O-])O)ccc2N2C[C@@H]3C[C@H](Cn4c3cccc4=O)[C@@H]12. The summed E-state index contributed by atoms with van der Waals surface area (Å²) < 4.78 is 6.97. The van der Waals surface area contributed by atoms with Crippen LogP contribution in [0.3, 0.4) is 0 Å². The molecule has 5 atom stereocenters. The van der Waals surface area contributed by atoms with Gasteiger partial charge in [-0.2, -0.15) is 5.23 Å². The Balaban J connectivity index is 1.62. The van der Waals surface area contributed by atoms with Gasteiger partial charge in [-0.1, -0.05) is 6.07 Å². The number of quaternary nitrogens is 1. The first-order valence-electron chi connectivity index (χ1n) is 9.88. The van der Waals surface area contributed by atoms with E-state index in [1.54, 1.807) is 24.3 Å². The van der Waals surface area contributed by atoms with Gasteiger partial charge in [0.05, 0.1) is 13.0 Å². The van der Waals surface area contributed by atoms with Gasteiger partial charge in [-0.3, -0.25) is 9.59 Å². The molecule has 8 heteroatoms. The molecule has 4 heterocycles. The van der Waals surface area contributed by atoms with E-state index in [0.717, 1.165) is 23.4 Å². The first kappa shape index (κ1) is 18.4. The fourth-order valence-electron chi connectivity index (χ4n) is 5.61. The van der Waals surface area contributed by atoms with E-state index in [4.69, 9.17) is 4.74 Å². The summed E-state index contributed by atoms with van der Waals surface area (Å²) in [5, 5.41) is 19.8. The van der Waals surface area contributed by atoms with E-state index in [1.165, 1.54) is 7.11 Å². The van der Waals surface area contributed by atoms with Crippen molar-refractivity contribution in [3.05, 3.63) is 63.2 Å². The van der Waals surface area contributed by atoms with Crippen LogP contribution in [0.2, 0.25) is 0 Å². The van der Waals surface area contributed by atoms with E-state index < -0.39 is 5.23 Å². The molecule has 5 rings (SSSR count). The Morgan fingerprint density at radius 2 is 2.10 bits per heavy atom. The zero-order valence-electron chi connectivity index (χ0n) is 16.1. The number of carbonyl (C=O) groups is 1. The fourth-order valence-corrected chi connectivity index (χ4v) is 5.61. The molecule has 1 fully saturated rings. The smallest absolute Gasteiger partial charge is 0.311 e. The minimum atomic E-state index is -0.978. The van der Waals surface area contributed by atoms with E-state index in [1.807, 2.05) is 16.7 Å². The van der Waals surface area contributed by atoms with Gasteiger partial charge in [0.1, 0.15) is 0 Å². The van der Waals surface area contributed by atoms with Crippen LogP contribution in [0.5, 0.6) is 0 Å². The predicted octanol–water partition coefficient (Wildman–Crippen LogP) is 0.589. The van der Waals surface area contributed by atoms with Gasteiger partial charge in [0.2, 0.25) is 0 Å². The van der Waals surface area contributed by atoms with Crippen molar-refractivity contribution in [2.45, 2.75) is 31.3 Å². The molecule has 0 amide bonds. The van der Waals surface area contributed by atoms with Crippen LogP contribution in [-0.2, 0) is 22.5 Å². The number of piperidine rings is 1. The molecule has 2 N–H and O–H groups in total. The van der Waals surface area contributed by atoms with Gasteiger partial charge in [-0.25, -0.2) is 5.21 Å². The lowest BCUT2D eigenvalue weighted by Crippen LogP contribution is -2.99. The molecule has 8 nitrogen and oxygen atoms in total. The van der Waals surface area contributed by atoms with Crippen molar-refractivity contribution < 1.29 is 20.0 Å². The number of benzene rings is 1. The number of hydrogen-bond donors (Lipinski definition) is 2. The Bertz CT molecular complexity index is 1030. The number of anilines is 1. The third kappa shape index (κ3) is 2.78. The van der Waals surface area contributed by atoms with Crippen molar-refractivity contribution in [3.8, 4) is 0 Å². The van der Waals surface area contributed by atoms with Crippen LogP contribution in [-0.4, -0.2) is 35.4 Å². The number of hydrogen-bond acceptors (Lipinski definition) is 6. The van der Waals surface area contributed by atoms with Crippen LogP contribution >= 0.6 is 0 Å². The number of aromatic nitrogens is 1. The number of pyridine rings is 1. The number of fused-ring (bicyclic) bond motifs is 8. The molecule has 1 saturated heterocycles. The zero-order chi connectivity index (χ0) is 20.3. The second-order valence-electron chi connectivity index (χ2n) is 8.22. The van der Waals surface area contributed by atoms with Crippen molar-refractivity contribution in [2.75, 3.05) is 18.6 Å². The maximum atomic E-state index is 12.7. The third-order valence-corrected chi connectivity index (χ3v) is 6.76. The largest absolute Gasteiger partial charge is 0.595 e. The molecule has 29 heavy (non-hydrogen) atoms. The molecule has 1 unspecified atom stereocenters. The van der Waals surface area contributed by atoms with Crippen molar-refractivity contribution in [2.24, 2.45) is 11.8 Å². The Morgan fingerprint density at radius 1 is 1.28 bits per heavy atom. The van der Waals surface area contributed by atoms with Crippen LogP contribution in [0.15, 0.2) is 41.2 Å². The molecule has 2 bridgehead atoms. The molecule has 3 aliphatic rings. The second-order valence-corrected chi connectivity index (χ2v) is 8.22. The summed E-state index contributed by atoms with van der Waals surface area (Å²) in [7, 11) is 1.39. The maximum Gasteiger partial charge on any atom is 0.311 e. The van der Waals surface area contributed by atoms with E-state index in [-0.39, 0.29) is 41.0 Å². The standard InChI is InChI=1S/C21H23N3O5/c1-29-21(26)16-9-12-8-15(24(27)28)5-6-18(12)23-10-13-7-14(20(16)23)11-22-17(13)3-2-4-19(22)25/h2-6,8,13-14,16,20,24,27H,7,9-11H2,1H3/t13-,14+,16-,20-/m0/s1. The first-order valence-corrected chi connectivity index (χ1v) is 9.88. The molecule has 2 aromatic rings. The Morgan fingerprint density at radius 3 is 2.86 bits per heavy atom. The summed E-state index contributed by atoms with van der Waals surface area (Å²) in [6, 6.07) is 10.5. The van der Waals surface area contributed by atoms with Gasteiger partial charge >= 0.3 is 5.97 Å². The zero-order valence-corrected chi connectivity index (χ0v) is 16.1. The molecule has 152 valence electrons. The first-order chi connectivity index (χ1) is 14.0. The molecule has 0 aliphatic carbocycles. The average molecular weight is 397 g/mol. The lowest BCUT2D eigenvalue weighted by atomic mass is 9.70. The molecule has 0 radical (unpaired) electrons. The molecule has 1 aromatic heterocycles. The number of rotatable bonds is 2. The Hall–Kier alpha value is -2.68. The van der Waals surface area contributed by atoms with Crippen LogP contribution < -0.4 is 15.7 Å². The van der Waals surface area contributed by atoms with Gasteiger partial charge in [-0.15, -0.1) is 0 Å². The van der Waals surface area contributed by atoms with Crippen LogP contribution in [0.25, 0.3) is 0 Å². The Kier molecular flexibility index (Phi) is 4.23. The summed E-state index contributed by atoms with van der Waals surface area (Å²) in [4.78, 5) is 27.4. The predicted molar refractivity (Wildman–Crippen MR) is 104 cm³/mol. The van der Waals surface area contributed by atoms with Gasteiger partial charge in [-0.05, 0) is 36.5 Å². The fraction of sp³-hybridized carbons (Fsp3) is 0.429. The minimum Gasteiger partial charge on any atom is -0.595 e. The number of ether oxygens (including phenoxy) is 1. The highest BCUT2D eigenvalue weighted by atomic mass is 16.8. The third-order valence-electron chi connectivity index (χ3n) is 6.76. The average Bonchev–Trinajstić information content (AvgIpc) is 2.73. The lowest BCUT2D eigenvalue weighted by molar-refractivity contribution is -0.991. The van der Waals surface area contributed by atoms with Gasteiger partial charge < -0.3 is 19.4 Å². The van der Waals surface area contributed by atoms with E-state index in [0.29, 0.717) is 19.5 Å². The number of nitrogens with zero attached hydrogens (tertiary/aromatic N) is 2. The summed E-state index contributed by atoms with van der Waals surface area (Å²) in [6.07, 6.45) is 1.38. The van der Waals surface area contributed by atoms with Gasteiger partial charge in [0, 0.05) is 54.6 Å². The number of esters is 1. The summed E-state index contributed by atoms with van der Waals surface area (Å²) in [5.74, 6) is -0.320. The normalized spacial score (nSPS) is 28.0. The monoisotopic (exact) mass is 397 g/mol. The van der Waals surface area contributed by atoms with Crippen molar-refractivity contribution in [1.29, 1.82) is 0 Å². The summed E-state index contributed by atoms with van der Waals surface area (Å²) in [5.41, 5.74) is 3.11. The highest BCUT2D eigenvalue weighted by Crippen LogP contribution is 2.47. The number of methoxy groups -OCH3 is 1. The molecular formula is C21H23N3O5. The number of carbonyl (C=O) groups excluding carboxylic acids is 1. The van der Waals surface area contributed by atoms with Crippen LogP contribution in [0.4, 0.5) is 11.4 Å². The van der Waals surface area contributed by atoms with E-state index in [2.05, 4.69) is 4.90 Å². The minimum absolute atomic E-state index is 0.00239. The Labute approximate surface area is 167 Å². The molecule has 0 saturated carbocycles. The van der Waals surface area contributed by atoms with E-state index >= 15 is 0 Å². The molecule has 1 aromatic carbocycles. The molecular weight excluding hydrogens is 374 g/mol. The van der Waals surface area contributed by atoms with Gasteiger partial charge in [0.25, 0.3) is 5.56 Å². The van der Waals surface area contributed by atoms with Crippen molar-refractivity contribution >= 4 is 17.3 Å². The second kappa shape index (κ2) is 6.69. The summed E-state index contributed by atoms with van der Waals surface area (Å²) in [6.45, 7) is 1.28. The maximum absolute atomic E-state index is 12.7. The van der Waals surface area contributed by atoms with E-state index in [9.17, 15) is 20.0 Å². The number of nitrogens with one attached hydrogen (secondary N) is 1. The van der Waals surface area contributed by atoms with Gasteiger partial charge in [0.15, 0.2) is 5.69 Å². The summed E-state index contributed by atoms with van der Waals surface area (Å²) >= 11 is 0. The highest BCUT2D eigenvalue weighted by Gasteiger charge is 2.49. The lowest BCUT2D eigenvalue weighted by Gasteiger charge is -2.54. The van der Waals surface area contributed by atoms with Crippen molar-refractivity contribution in [3.63, 3.8) is 0 Å².